The Labute approximate surface area is 147 Å². The minimum atomic E-state index is -0.110. The van der Waals surface area contributed by atoms with Gasteiger partial charge in [0.2, 0.25) is 0 Å². The highest BCUT2D eigenvalue weighted by Crippen LogP contribution is 2.33. The molecule has 1 amide bonds. The van der Waals surface area contributed by atoms with Crippen LogP contribution in [-0.4, -0.2) is 20.5 Å². The lowest BCUT2D eigenvalue weighted by molar-refractivity contribution is 0.0938. The molecule has 1 aliphatic carbocycles. The fourth-order valence-corrected chi connectivity index (χ4v) is 3.49. The van der Waals surface area contributed by atoms with Crippen molar-refractivity contribution in [2.45, 2.75) is 45.6 Å². The molecule has 1 N–H and O–H groups in total. The summed E-state index contributed by atoms with van der Waals surface area (Å²) in [5.74, 6) is 0.370. The lowest BCUT2D eigenvalue weighted by Crippen LogP contribution is -2.27. The first kappa shape index (κ1) is 15.8. The summed E-state index contributed by atoms with van der Waals surface area (Å²) in [6, 6.07) is 8.59. The molecule has 5 nitrogen and oxygen atoms in total. The summed E-state index contributed by atoms with van der Waals surface area (Å²) >= 11 is 0. The van der Waals surface area contributed by atoms with Gasteiger partial charge >= 0.3 is 0 Å². The maximum atomic E-state index is 12.8. The fraction of sp³-hybridized carbons (Fsp3) is 0.350. The number of aryl methyl sites for hydroxylation is 2. The number of rotatable bonds is 3. The molecular formula is C20H22N4O. The first-order valence-electron chi connectivity index (χ1n) is 8.77. The van der Waals surface area contributed by atoms with Gasteiger partial charge in [-0.3, -0.25) is 4.79 Å². The standard InChI is InChI=1S/C20H22N4O/c1-12(2)15-5-4-14-6-7-18(16(14)10-15)23-20(25)17-11-21-24-9-8-13(3)22-19(17)24/h4-5,8-12,18H,6-7H2,1-3H3,(H,23,25). The summed E-state index contributed by atoms with van der Waals surface area (Å²) in [5.41, 5.74) is 5.90. The number of aromatic nitrogens is 3. The molecule has 1 unspecified atom stereocenters. The van der Waals surface area contributed by atoms with Crippen LogP contribution in [0.1, 0.15) is 65.0 Å². The summed E-state index contributed by atoms with van der Waals surface area (Å²) in [4.78, 5) is 17.3. The summed E-state index contributed by atoms with van der Waals surface area (Å²) < 4.78 is 1.64. The van der Waals surface area contributed by atoms with Crippen LogP contribution in [0.5, 0.6) is 0 Å². The van der Waals surface area contributed by atoms with Gasteiger partial charge in [-0.25, -0.2) is 9.50 Å². The number of hydrogen-bond acceptors (Lipinski definition) is 3. The van der Waals surface area contributed by atoms with E-state index < -0.39 is 0 Å². The third kappa shape index (κ3) is 2.80. The van der Waals surface area contributed by atoms with Crippen LogP contribution >= 0.6 is 0 Å². The van der Waals surface area contributed by atoms with E-state index in [1.165, 1.54) is 16.7 Å². The van der Waals surface area contributed by atoms with Crippen LogP contribution in [0.25, 0.3) is 5.65 Å². The van der Waals surface area contributed by atoms with Gasteiger partial charge in [-0.1, -0.05) is 32.0 Å². The summed E-state index contributed by atoms with van der Waals surface area (Å²) in [6.07, 6.45) is 5.37. The van der Waals surface area contributed by atoms with Crippen LogP contribution in [0.4, 0.5) is 0 Å². The zero-order valence-corrected chi connectivity index (χ0v) is 14.8. The molecule has 0 saturated carbocycles. The van der Waals surface area contributed by atoms with Crippen molar-refractivity contribution in [2.24, 2.45) is 0 Å². The quantitative estimate of drug-likeness (QED) is 0.796. The van der Waals surface area contributed by atoms with Crippen LogP contribution in [0.15, 0.2) is 36.7 Å². The summed E-state index contributed by atoms with van der Waals surface area (Å²) in [7, 11) is 0. The number of benzene rings is 1. The third-order valence-electron chi connectivity index (χ3n) is 4.97. The molecule has 4 rings (SSSR count). The molecule has 25 heavy (non-hydrogen) atoms. The number of carbonyl (C=O) groups excluding carboxylic acids is 1. The van der Waals surface area contributed by atoms with Gasteiger partial charge in [0.15, 0.2) is 5.65 Å². The average molecular weight is 334 g/mol. The van der Waals surface area contributed by atoms with Crippen LogP contribution in [0.2, 0.25) is 0 Å². The Kier molecular flexibility index (Phi) is 3.79. The van der Waals surface area contributed by atoms with Crippen molar-refractivity contribution in [1.29, 1.82) is 0 Å². The number of amides is 1. The molecular weight excluding hydrogens is 312 g/mol. The van der Waals surface area contributed by atoms with Crippen LogP contribution < -0.4 is 5.32 Å². The molecule has 2 heterocycles. The van der Waals surface area contributed by atoms with Crippen LogP contribution in [0.3, 0.4) is 0 Å². The molecule has 1 aliphatic rings. The summed E-state index contributed by atoms with van der Waals surface area (Å²) in [6.45, 7) is 6.30. The second kappa shape index (κ2) is 5.99. The molecule has 0 aliphatic heterocycles. The minimum Gasteiger partial charge on any atom is -0.345 e. The number of fused-ring (bicyclic) bond motifs is 2. The Morgan fingerprint density at radius 3 is 2.96 bits per heavy atom. The molecule has 2 aromatic heterocycles. The fourth-order valence-electron chi connectivity index (χ4n) is 3.49. The highest BCUT2D eigenvalue weighted by atomic mass is 16.1. The Bertz CT molecular complexity index is 957. The van der Waals surface area contributed by atoms with Crippen molar-refractivity contribution in [2.75, 3.05) is 0 Å². The van der Waals surface area contributed by atoms with E-state index in [1.807, 2.05) is 19.2 Å². The van der Waals surface area contributed by atoms with E-state index in [2.05, 4.69) is 47.4 Å². The van der Waals surface area contributed by atoms with E-state index in [0.29, 0.717) is 17.1 Å². The van der Waals surface area contributed by atoms with Crippen molar-refractivity contribution in [3.05, 3.63) is 64.6 Å². The molecule has 0 saturated heterocycles. The van der Waals surface area contributed by atoms with Crippen LogP contribution in [0, 0.1) is 6.92 Å². The van der Waals surface area contributed by atoms with Crippen molar-refractivity contribution in [1.82, 2.24) is 19.9 Å². The second-order valence-electron chi connectivity index (χ2n) is 7.07. The number of nitrogens with zero attached hydrogens (tertiary/aromatic N) is 3. The van der Waals surface area contributed by atoms with E-state index in [9.17, 15) is 4.79 Å². The van der Waals surface area contributed by atoms with Gasteiger partial charge < -0.3 is 5.32 Å². The van der Waals surface area contributed by atoms with Gasteiger partial charge in [-0.2, -0.15) is 5.10 Å². The number of nitrogens with one attached hydrogen (secondary N) is 1. The van der Waals surface area contributed by atoms with Gasteiger partial charge in [0.25, 0.3) is 5.91 Å². The number of carbonyl (C=O) groups is 1. The van der Waals surface area contributed by atoms with Crippen molar-refractivity contribution >= 4 is 11.6 Å². The summed E-state index contributed by atoms with van der Waals surface area (Å²) in [5, 5.41) is 7.41. The zero-order valence-electron chi connectivity index (χ0n) is 14.8. The Hall–Kier alpha value is -2.69. The van der Waals surface area contributed by atoms with Crippen molar-refractivity contribution < 1.29 is 4.79 Å². The lowest BCUT2D eigenvalue weighted by atomic mass is 9.97. The van der Waals surface area contributed by atoms with Gasteiger partial charge in [-0.05, 0) is 48.4 Å². The minimum absolute atomic E-state index is 0.0564. The second-order valence-corrected chi connectivity index (χ2v) is 7.07. The van der Waals surface area contributed by atoms with E-state index in [1.54, 1.807) is 10.7 Å². The van der Waals surface area contributed by atoms with E-state index >= 15 is 0 Å². The highest BCUT2D eigenvalue weighted by molar-refractivity contribution is 5.99. The van der Waals surface area contributed by atoms with Crippen LogP contribution in [-0.2, 0) is 6.42 Å². The third-order valence-corrected chi connectivity index (χ3v) is 4.97. The Morgan fingerprint density at radius 1 is 1.32 bits per heavy atom. The highest BCUT2D eigenvalue weighted by Gasteiger charge is 2.26. The Balaban J connectivity index is 1.62. The topological polar surface area (TPSA) is 59.3 Å². The molecule has 3 aromatic rings. The van der Waals surface area contributed by atoms with Gasteiger partial charge in [0.1, 0.15) is 5.56 Å². The Morgan fingerprint density at radius 2 is 2.16 bits per heavy atom. The molecule has 0 bridgehead atoms. The maximum Gasteiger partial charge on any atom is 0.257 e. The zero-order chi connectivity index (χ0) is 17.6. The first-order chi connectivity index (χ1) is 12.0. The van der Waals surface area contributed by atoms with E-state index in [-0.39, 0.29) is 11.9 Å². The normalized spacial score (nSPS) is 16.4. The predicted octanol–water partition coefficient (Wildman–Crippen LogP) is 3.58. The predicted molar refractivity (Wildman–Crippen MR) is 96.8 cm³/mol. The molecule has 0 radical (unpaired) electrons. The largest absolute Gasteiger partial charge is 0.345 e. The monoisotopic (exact) mass is 334 g/mol. The molecule has 128 valence electrons. The smallest absolute Gasteiger partial charge is 0.257 e. The molecule has 1 atom stereocenters. The molecule has 0 fully saturated rings. The van der Waals surface area contributed by atoms with Crippen molar-refractivity contribution in [3.8, 4) is 0 Å². The first-order valence-corrected chi connectivity index (χ1v) is 8.77. The molecule has 5 heteroatoms. The van der Waals surface area contributed by atoms with Gasteiger partial charge in [0.05, 0.1) is 12.2 Å². The van der Waals surface area contributed by atoms with Gasteiger partial charge in [-0.15, -0.1) is 0 Å². The molecule has 0 spiro atoms. The van der Waals surface area contributed by atoms with Crippen molar-refractivity contribution in [3.63, 3.8) is 0 Å². The maximum absolute atomic E-state index is 12.8. The van der Waals surface area contributed by atoms with E-state index in [0.717, 1.165) is 18.5 Å². The van der Waals surface area contributed by atoms with Gasteiger partial charge in [0, 0.05) is 11.9 Å². The lowest BCUT2D eigenvalue weighted by Gasteiger charge is -2.15. The molecule has 1 aromatic carbocycles. The average Bonchev–Trinajstić information content (AvgIpc) is 3.18. The van der Waals surface area contributed by atoms with E-state index in [4.69, 9.17) is 0 Å². The SMILES string of the molecule is Cc1ccn2ncc(C(=O)NC3CCc4ccc(C(C)C)cc43)c2n1. The number of hydrogen-bond donors (Lipinski definition) is 1.